The number of nitrogens with one attached hydrogen (secondary N) is 1. The second kappa shape index (κ2) is 7.64. The average molecular weight is 290 g/mol. The normalized spacial score (nSPS) is 11.9. The third-order valence-electron chi connectivity index (χ3n) is 2.74. The molecule has 0 unspecified atom stereocenters. The van der Waals surface area contributed by atoms with Crippen LogP contribution in [-0.4, -0.2) is 37.8 Å². The van der Waals surface area contributed by atoms with Crippen LogP contribution in [0.15, 0.2) is 17.2 Å². The predicted octanol–water partition coefficient (Wildman–Crippen LogP) is 0.612. The number of aliphatic hydroxyl groups is 1. The molecule has 0 bridgehead atoms. The van der Waals surface area contributed by atoms with Gasteiger partial charge in [0, 0.05) is 32.1 Å². The summed E-state index contributed by atoms with van der Waals surface area (Å²) in [5.41, 5.74) is 0.555. The van der Waals surface area contributed by atoms with E-state index in [2.05, 4.69) is 11.6 Å². The first-order valence-corrected chi connectivity index (χ1v) is 7.83. The molecule has 0 radical (unpaired) electrons. The van der Waals surface area contributed by atoms with E-state index in [0.29, 0.717) is 18.9 Å². The molecule has 110 valence electrons. The molecule has 7 heteroatoms. The maximum Gasteiger partial charge on any atom is 0.242 e. The Labute approximate surface area is 114 Å². The summed E-state index contributed by atoms with van der Waals surface area (Å²) in [6.45, 7) is 3.14. The van der Waals surface area contributed by atoms with E-state index in [-0.39, 0.29) is 18.0 Å². The van der Waals surface area contributed by atoms with Crippen molar-refractivity contribution in [1.82, 2.24) is 9.29 Å². The van der Waals surface area contributed by atoms with E-state index < -0.39 is 10.0 Å². The van der Waals surface area contributed by atoms with Crippen LogP contribution in [0.4, 0.5) is 0 Å². The van der Waals surface area contributed by atoms with Gasteiger partial charge >= 0.3 is 0 Å². The number of ether oxygens (including phenoxy) is 1. The molecule has 1 aromatic heterocycles. The highest BCUT2D eigenvalue weighted by Crippen LogP contribution is 2.12. The highest BCUT2D eigenvalue weighted by atomic mass is 32.2. The molecule has 0 spiro atoms. The van der Waals surface area contributed by atoms with Crippen LogP contribution < -0.4 is 4.72 Å². The lowest BCUT2D eigenvalue weighted by molar-refractivity contribution is 0.136. The first kappa shape index (κ1) is 16.2. The minimum atomic E-state index is -3.53. The second-order valence-corrected chi connectivity index (χ2v) is 6.07. The van der Waals surface area contributed by atoms with Gasteiger partial charge in [0.15, 0.2) is 0 Å². The molecule has 0 aliphatic rings. The Morgan fingerprint density at radius 3 is 2.74 bits per heavy atom. The SMILES string of the molecule is CCCCOCCNS(=O)(=O)c1cc(CO)n(C)c1. The van der Waals surface area contributed by atoms with Gasteiger partial charge < -0.3 is 14.4 Å². The van der Waals surface area contributed by atoms with Gasteiger partial charge in [-0.15, -0.1) is 0 Å². The van der Waals surface area contributed by atoms with Crippen molar-refractivity contribution in [3.63, 3.8) is 0 Å². The topological polar surface area (TPSA) is 80.6 Å². The zero-order valence-electron chi connectivity index (χ0n) is 11.4. The van der Waals surface area contributed by atoms with E-state index in [1.165, 1.54) is 12.3 Å². The van der Waals surface area contributed by atoms with Gasteiger partial charge in [0.2, 0.25) is 10.0 Å². The van der Waals surface area contributed by atoms with Crippen LogP contribution in [0.2, 0.25) is 0 Å². The molecule has 0 fully saturated rings. The summed E-state index contributed by atoms with van der Waals surface area (Å²) in [7, 11) is -1.83. The van der Waals surface area contributed by atoms with Crippen molar-refractivity contribution < 1.29 is 18.3 Å². The summed E-state index contributed by atoms with van der Waals surface area (Å²) in [6.07, 6.45) is 3.51. The van der Waals surface area contributed by atoms with E-state index >= 15 is 0 Å². The minimum absolute atomic E-state index is 0.160. The Hall–Kier alpha value is -0.890. The van der Waals surface area contributed by atoms with Crippen molar-refractivity contribution >= 4 is 10.0 Å². The maximum atomic E-state index is 11.9. The number of unbranched alkanes of at least 4 members (excludes halogenated alkanes) is 1. The van der Waals surface area contributed by atoms with Crippen molar-refractivity contribution in [2.24, 2.45) is 7.05 Å². The number of aromatic nitrogens is 1. The Kier molecular flexibility index (Phi) is 6.50. The van der Waals surface area contributed by atoms with Crippen molar-refractivity contribution in [2.45, 2.75) is 31.3 Å². The summed E-state index contributed by atoms with van der Waals surface area (Å²) in [6, 6.07) is 1.46. The largest absolute Gasteiger partial charge is 0.390 e. The van der Waals surface area contributed by atoms with Crippen LogP contribution in [-0.2, 0) is 28.4 Å². The fourth-order valence-electron chi connectivity index (χ4n) is 1.56. The molecule has 0 saturated carbocycles. The smallest absolute Gasteiger partial charge is 0.242 e. The van der Waals surface area contributed by atoms with Crippen LogP contribution in [0.25, 0.3) is 0 Å². The van der Waals surface area contributed by atoms with Crippen LogP contribution >= 0.6 is 0 Å². The van der Waals surface area contributed by atoms with Crippen LogP contribution in [0.5, 0.6) is 0 Å². The molecule has 1 rings (SSSR count). The number of rotatable bonds is 9. The minimum Gasteiger partial charge on any atom is -0.390 e. The molecule has 0 saturated heterocycles. The number of hydrogen-bond acceptors (Lipinski definition) is 4. The van der Waals surface area contributed by atoms with Crippen molar-refractivity contribution in [1.29, 1.82) is 0 Å². The molecular formula is C12H22N2O4S. The third-order valence-corrected chi connectivity index (χ3v) is 4.16. The molecule has 6 nitrogen and oxygen atoms in total. The summed E-state index contributed by atoms with van der Waals surface area (Å²) < 4.78 is 33.2. The van der Waals surface area contributed by atoms with Gasteiger partial charge in [-0.1, -0.05) is 13.3 Å². The molecule has 19 heavy (non-hydrogen) atoms. The second-order valence-electron chi connectivity index (χ2n) is 4.30. The zero-order chi connectivity index (χ0) is 14.3. The monoisotopic (exact) mass is 290 g/mol. The number of nitrogens with zero attached hydrogens (tertiary/aromatic N) is 1. The van der Waals surface area contributed by atoms with E-state index in [4.69, 9.17) is 9.84 Å². The quantitative estimate of drug-likeness (QED) is 0.653. The van der Waals surface area contributed by atoms with Gasteiger partial charge in [-0.05, 0) is 12.5 Å². The Morgan fingerprint density at radius 2 is 2.16 bits per heavy atom. The van der Waals surface area contributed by atoms with Gasteiger partial charge in [0.25, 0.3) is 0 Å². The Bertz CT molecular complexity index is 482. The molecule has 0 amide bonds. The van der Waals surface area contributed by atoms with Gasteiger partial charge in [-0.25, -0.2) is 13.1 Å². The average Bonchev–Trinajstić information content (AvgIpc) is 2.76. The Morgan fingerprint density at radius 1 is 1.42 bits per heavy atom. The fourth-order valence-corrected chi connectivity index (χ4v) is 2.67. The lowest BCUT2D eigenvalue weighted by Gasteiger charge is -2.05. The number of aliphatic hydroxyl groups excluding tert-OH is 1. The molecular weight excluding hydrogens is 268 g/mol. The molecule has 0 aromatic carbocycles. The molecule has 1 heterocycles. The highest BCUT2D eigenvalue weighted by molar-refractivity contribution is 7.89. The van der Waals surface area contributed by atoms with E-state index in [9.17, 15) is 8.42 Å². The molecule has 0 atom stereocenters. The molecule has 1 aromatic rings. The fraction of sp³-hybridized carbons (Fsp3) is 0.667. The summed E-state index contributed by atoms with van der Waals surface area (Å²) in [4.78, 5) is 0.160. The molecule has 2 N–H and O–H groups in total. The van der Waals surface area contributed by atoms with Crippen molar-refractivity contribution in [2.75, 3.05) is 19.8 Å². The number of sulfonamides is 1. The number of hydrogen-bond donors (Lipinski definition) is 2. The summed E-state index contributed by atoms with van der Waals surface area (Å²) in [5.74, 6) is 0. The molecule has 0 aliphatic carbocycles. The number of aryl methyl sites for hydroxylation is 1. The third kappa shape index (κ3) is 4.94. The maximum absolute atomic E-state index is 11.9. The summed E-state index contributed by atoms with van der Waals surface area (Å²) in [5, 5.41) is 9.04. The lowest BCUT2D eigenvalue weighted by Crippen LogP contribution is -2.27. The van der Waals surface area contributed by atoms with E-state index in [1.807, 2.05) is 0 Å². The van der Waals surface area contributed by atoms with Crippen molar-refractivity contribution in [3.8, 4) is 0 Å². The first-order valence-electron chi connectivity index (χ1n) is 6.34. The standard InChI is InChI=1S/C12H22N2O4S/c1-3-4-6-18-7-5-13-19(16,17)12-8-11(10-15)14(2)9-12/h8-9,13,15H,3-7,10H2,1-2H3. The van der Waals surface area contributed by atoms with Gasteiger partial charge in [0.05, 0.1) is 18.1 Å². The van der Waals surface area contributed by atoms with Crippen LogP contribution in [0.3, 0.4) is 0 Å². The highest BCUT2D eigenvalue weighted by Gasteiger charge is 2.16. The van der Waals surface area contributed by atoms with E-state index in [0.717, 1.165) is 12.8 Å². The first-order chi connectivity index (χ1) is 9.01. The van der Waals surface area contributed by atoms with Gasteiger partial charge in [-0.3, -0.25) is 0 Å². The predicted molar refractivity (Wildman–Crippen MR) is 72.3 cm³/mol. The summed E-state index contributed by atoms with van der Waals surface area (Å²) >= 11 is 0. The van der Waals surface area contributed by atoms with Gasteiger partial charge in [-0.2, -0.15) is 0 Å². The van der Waals surface area contributed by atoms with Crippen LogP contribution in [0, 0.1) is 0 Å². The van der Waals surface area contributed by atoms with Gasteiger partial charge in [0.1, 0.15) is 0 Å². The molecule has 0 aliphatic heterocycles. The Balaban J connectivity index is 2.47. The van der Waals surface area contributed by atoms with Crippen molar-refractivity contribution in [3.05, 3.63) is 18.0 Å². The van der Waals surface area contributed by atoms with E-state index in [1.54, 1.807) is 11.6 Å². The van der Waals surface area contributed by atoms with Crippen LogP contribution in [0.1, 0.15) is 25.5 Å². The lowest BCUT2D eigenvalue weighted by atomic mass is 10.4. The zero-order valence-corrected chi connectivity index (χ0v) is 12.2.